The number of urea groups is 1. The molecule has 1 aromatic heterocycles. The first-order chi connectivity index (χ1) is 25.4. The lowest BCUT2D eigenvalue weighted by Crippen LogP contribution is -2.40. The maximum atomic E-state index is 12.7. The summed E-state index contributed by atoms with van der Waals surface area (Å²) in [6.45, 7) is 4.04. The lowest BCUT2D eigenvalue weighted by atomic mass is 10.1. The molecule has 4 aromatic rings. The number of carbonyl (C=O) groups is 3. The number of nitrogen functional groups attached to an aromatic ring is 1. The van der Waals surface area contributed by atoms with Crippen LogP contribution in [0.15, 0.2) is 72.8 Å². The number of carbonyl (C=O) groups excluding carboxylic acids is 3. The number of morpholine rings is 1. The normalized spacial score (nSPS) is 14.2. The summed E-state index contributed by atoms with van der Waals surface area (Å²) in [6.07, 6.45) is 3.65. The molecule has 15 heteroatoms. The third kappa shape index (κ3) is 10.4. The van der Waals surface area contributed by atoms with E-state index in [1.807, 2.05) is 29.2 Å². The van der Waals surface area contributed by atoms with Crippen LogP contribution in [0, 0.1) is 0 Å². The van der Waals surface area contributed by atoms with Crippen molar-refractivity contribution in [2.75, 3.05) is 72.6 Å². The monoisotopic (exact) mass is 709 g/mol. The summed E-state index contributed by atoms with van der Waals surface area (Å²) in [7, 11) is 0. The largest absolute Gasteiger partial charge is 0.455 e. The van der Waals surface area contributed by atoms with Crippen LogP contribution in [0.2, 0.25) is 0 Å². The number of anilines is 5. The van der Waals surface area contributed by atoms with Crippen molar-refractivity contribution in [1.82, 2.24) is 20.3 Å². The molecule has 0 bridgehead atoms. The standard InChI is InChI=1S/C37H43N9O6/c38-30-7-4-5-8-31(30)42-32(47)9-3-1-2-6-18-39-34(48)26-12-16-28(17-13-26)41-36(49)40-27-14-10-25(11-15-27)33-43-35(46-19-21-50-22-20-46)45-37(44-33)52-29-23-51-24-29/h4-5,7-8,10-17,29H,1-3,6,9,18-24,38H2,(H,39,48)(H,42,47)(H2,40,41,49). The number of aromatic nitrogens is 3. The molecule has 0 aliphatic carbocycles. The number of benzene rings is 3. The molecule has 2 aliphatic rings. The molecule has 2 saturated heterocycles. The Bertz CT molecular complexity index is 1810. The van der Waals surface area contributed by atoms with Crippen LogP contribution < -0.4 is 36.6 Å². The summed E-state index contributed by atoms with van der Waals surface area (Å²) >= 11 is 0. The van der Waals surface area contributed by atoms with Crippen LogP contribution >= 0.6 is 0 Å². The Balaban J connectivity index is 0.915. The van der Waals surface area contributed by atoms with E-state index in [4.69, 9.17) is 19.9 Å². The van der Waals surface area contributed by atoms with E-state index >= 15 is 0 Å². The molecule has 0 saturated carbocycles. The number of amides is 4. The number of unbranched alkanes of at least 4 members (excludes halogenated alkanes) is 3. The molecule has 6 N–H and O–H groups in total. The van der Waals surface area contributed by atoms with Crippen molar-refractivity contribution in [3.05, 3.63) is 78.4 Å². The molecule has 0 spiro atoms. The summed E-state index contributed by atoms with van der Waals surface area (Å²) in [6, 6.07) is 20.8. The minimum Gasteiger partial charge on any atom is -0.455 e. The summed E-state index contributed by atoms with van der Waals surface area (Å²) in [4.78, 5) is 53.3. The molecule has 2 aliphatic heterocycles. The average molecular weight is 710 g/mol. The Hall–Kier alpha value is -5.80. The Kier molecular flexibility index (Phi) is 12.4. The second-order valence-corrected chi connectivity index (χ2v) is 12.4. The molecule has 3 heterocycles. The fourth-order valence-corrected chi connectivity index (χ4v) is 5.46. The van der Waals surface area contributed by atoms with Gasteiger partial charge in [0.2, 0.25) is 11.9 Å². The zero-order valence-electron chi connectivity index (χ0n) is 28.8. The van der Waals surface area contributed by atoms with E-state index in [9.17, 15) is 14.4 Å². The van der Waals surface area contributed by atoms with Crippen molar-refractivity contribution >= 4 is 46.5 Å². The first-order valence-corrected chi connectivity index (χ1v) is 17.4. The fourth-order valence-electron chi connectivity index (χ4n) is 5.46. The van der Waals surface area contributed by atoms with Gasteiger partial charge in [0.1, 0.15) is 6.10 Å². The Labute approximate surface area is 301 Å². The highest BCUT2D eigenvalue weighted by Crippen LogP contribution is 2.24. The predicted octanol–water partition coefficient (Wildman–Crippen LogP) is 4.70. The summed E-state index contributed by atoms with van der Waals surface area (Å²) in [5.74, 6) is 0.725. The van der Waals surface area contributed by atoms with Crippen LogP contribution in [0.3, 0.4) is 0 Å². The van der Waals surface area contributed by atoms with Crippen LogP contribution in [0.1, 0.15) is 42.5 Å². The molecule has 15 nitrogen and oxygen atoms in total. The van der Waals surface area contributed by atoms with Gasteiger partial charge in [0.25, 0.3) is 5.91 Å². The number of hydrogen-bond donors (Lipinski definition) is 5. The first kappa shape index (κ1) is 36.0. The van der Waals surface area contributed by atoms with Crippen LogP contribution in [-0.2, 0) is 14.3 Å². The number of nitrogens with two attached hydrogens (primary N) is 1. The lowest BCUT2D eigenvalue weighted by molar-refractivity contribution is -0.116. The van der Waals surface area contributed by atoms with Crippen LogP contribution in [0.4, 0.5) is 33.5 Å². The van der Waals surface area contributed by atoms with Crippen LogP contribution in [0.25, 0.3) is 11.4 Å². The molecule has 6 rings (SSSR count). The summed E-state index contributed by atoms with van der Waals surface area (Å²) in [5.41, 5.74) is 9.37. The van der Waals surface area contributed by atoms with Gasteiger partial charge in [-0.15, -0.1) is 0 Å². The number of hydrogen-bond acceptors (Lipinski definition) is 11. The zero-order valence-corrected chi connectivity index (χ0v) is 28.8. The Morgan fingerprint density at radius 3 is 2.17 bits per heavy atom. The van der Waals surface area contributed by atoms with Crippen molar-refractivity contribution in [2.24, 2.45) is 0 Å². The van der Waals surface area contributed by atoms with E-state index < -0.39 is 6.03 Å². The maximum absolute atomic E-state index is 12.7. The SMILES string of the molecule is Nc1ccccc1NC(=O)CCCCCCNC(=O)c1ccc(NC(=O)Nc2ccc(-c3nc(OC4COC4)nc(N4CCOCC4)n3)cc2)cc1. The molecule has 0 unspecified atom stereocenters. The maximum Gasteiger partial charge on any atom is 0.323 e. The number of para-hydroxylation sites is 2. The van der Waals surface area contributed by atoms with Gasteiger partial charge in [-0.05, 0) is 73.5 Å². The molecular weight excluding hydrogens is 666 g/mol. The van der Waals surface area contributed by atoms with E-state index in [2.05, 4.69) is 36.2 Å². The van der Waals surface area contributed by atoms with E-state index in [0.717, 1.165) is 31.2 Å². The van der Waals surface area contributed by atoms with Gasteiger partial charge in [-0.2, -0.15) is 15.0 Å². The second kappa shape index (κ2) is 17.9. The third-order valence-electron chi connectivity index (χ3n) is 8.43. The average Bonchev–Trinajstić information content (AvgIpc) is 3.14. The van der Waals surface area contributed by atoms with Crippen LogP contribution in [0.5, 0.6) is 6.01 Å². The number of ether oxygens (including phenoxy) is 3. The quantitative estimate of drug-likeness (QED) is 0.0848. The van der Waals surface area contributed by atoms with Gasteiger partial charge in [-0.1, -0.05) is 25.0 Å². The number of nitrogens with one attached hydrogen (secondary N) is 4. The predicted molar refractivity (Wildman–Crippen MR) is 198 cm³/mol. The van der Waals surface area contributed by atoms with E-state index in [0.29, 0.717) is 92.6 Å². The van der Waals surface area contributed by atoms with Gasteiger partial charge < -0.3 is 46.1 Å². The Morgan fingerprint density at radius 2 is 1.48 bits per heavy atom. The topological polar surface area (TPSA) is 195 Å². The van der Waals surface area contributed by atoms with Crippen molar-refractivity contribution in [1.29, 1.82) is 0 Å². The third-order valence-corrected chi connectivity index (χ3v) is 8.43. The molecular formula is C37H43N9O6. The molecule has 0 atom stereocenters. The highest BCUT2D eigenvalue weighted by atomic mass is 16.6. The van der Waals surface area contributed by atoms with E-state index in [1.165, 1.54) is 0 Å². The first-order valence-electron chi connectivity index (χ1n) is 17.4. The van der Waals surface area contributed by atoms with Crippen molar-refractivity contribution < 1.29 is 28.6 Å². The molecule has 0 radical (unpaired) electrons. The van der Waals surface area contributed by atoms with Gasteiger partial charge in [0.05, 0.1) is 37.8 Å². The minimum absolute atomic E-state index is 0.0631. The zero-order chi connectivity index (χ0) is 36.1. The highest BCUT2D eigenvalue weighted by molar-refractivity contribution is 6.00. The summed E-state index contributed by atoms with van der Waals surface area (Å²) < 4.78 is 16.6. The lowest BCUT2D eigenvalue weighted by Gasteiger charge is -2.28. The second-order valence-electron chi connectivity index (χ2n) is 12.4. The highest BCUT2D eigenvalue weighted by Gasteiger charge is 2.24. The van der Waals surface area contributed by atoms with Crippen molar-refractivity contribution in [2.45, 2.75) is 38.2 Å². The van der Waals surface area contributed by atoms with Crippen LogP contribution in [-0.4, -0.2) is 85.0 Å². The van der Waals surface area contributed by atoms with Gasteiger partial charge in [0, 0.05) is 48.6 Å². The van der Waals surface area contributed by atoms with Crippen molar-refractivity contribution in [3.8, 4) is 17.4 Å². The molecule has 4 amide bonds. The summed E-state index contributed by atoms with van der Waals surface area (Å²) in [5, 5.41) is 11.4. The van der Waals surface area contributed by atoms with Gasteiger partial charge in [0.15, 0.2) is 5.82 Å². The molecule has 3 aromatic carbocycles. The minimum atomic E-state index is -0.431. The van der Waals surface area contributed by atoms with Gasteiger partial charge in [-0.25, -0.2) is 4.79 Å². The fraction of sp³-hybridized carbons (Fsp3) is 0.351. The molecule has 52 heavy (non-hydrogen) atoms. The van der Waals surface area contributed by atoms with Crippen molar-refractivity contribution in [3.63, 3.8) is 0 Å². The van der Waals surface area contributed by atoms with E-state index in [1.54, 1.807) is 48.5 Å². The Morgan fingerprint density at radius 1 is 0.788 bits per heavy atom. The number of rotatable bonds is 15. The van der Waals surface area contributed by atoms with Gasteiger partial charge >= 0.3 is 12.0 Å². The number of nitrogens with zero attached hydrogens (tertiary/aromatic N) is 4. The molecule has 272 valence electrons. The molecule has 2 fully saturated rings. The van der Waals surface area contributed by atoms with E-state index in [-0.39, 0.29) is 23.9 Å². The van der Waals surface area contributed by atoms with Gasteiger partial charge in [-0.3, -0.25) is 9.59 Å². The smallest absolute Gasteiger partial charge is 0.323 e.